The maximum absolute atomic E-state index is 4.74. The molecule has 3 heterocycles. The fourth-order valence-electron chi connectivity index (χ4n) is 22.8. The van der Waals surface area contributed by atoms with Gasteiger partial charge in [0.2, 0.25) is 0 Å². The first kappa shape index (κ1) is 80.2. The summed E-state index contributed by atoms with van der Waals surface area (Å²) in [4.78, 5) is 31.2. The van der Waals surface area contributed by atoms with Crippen molar-refractivity contribution in [3.63, 3.8) is 0 Å². The standard InChI is InChI=1S/2C43H30N2.C42H29N3/c1-43(2)39-14-8-7-11-33(39)34-19-18-31(23-40(34)43)41-35-12-5-6-13-36(35)42(32-24-44-26-45-25-32)37-20-17-30(22-38(37)41)29-16-15-27-9-3-4-10-28(27)21-29;1-43(2)38-14-8-7-11-32(38)33-19-18-31(25-39(33)43)41-34-12-5-6-13-35(34)42(40-21-22-44-26-45-40)36-20-17-30(24-37(36)41)29-16-15-27-9-3-4-10-28(27)23-29;1-42(2)37-14-8-7-11-31(37)32-19-18-30(23-38(32)42)39-33-12-5-6-13-34(33)40(41-44-24-43-25-45-41)35-20-17-29(22-36(35)39)28-16-15-26-9-3-4-10-27(26)21-28/h2*3-26H,1-2H3;3-25H,1-2H3. The lowest BCUT2D eigenvalue weighted by atomic mass is 9.80. The van der Waals surface area contributed by atoms with Crippen LogP contribution in [0.2, 0.25) is 0 Å². The molecule has 27 rings (SSSR count). The molecule has 636 valence electrons. The average molecular weight is 1730 g/mol. The molecule has 0 spiro atoms. The summed E-state index contributed by atoms with van der Waals surface area (Å²) in [6.07, 6.45) is 12.1. The van der Waals surface area contributed by atoms with E-state index in [1.54, 1.807) is 25.3 Å². The Morgan fingerprint density at radius 3 is 0.830 bits per heavy atom. The van der Waals surface area contributed by atoms with Crippen molar-refractivity contribution >= 4 is 97.0 Å². The molecule has 3 aromatic heterocycles. The molecule has 7 nitrogen and oxygen atoms in total. The van der Waals surface area contributed by atoms with Crippen LogP contribution in [0.3, 0.4) is 0 Å². The number of aromatic nitrogens is 7. The van der Waals surface area contributed by atoms with Crippen molar-refractivity contribution in [1.82, 2.24) is 34.9 Å². The first-order chi connectivity index (χ1) is 66.2. The topological polar surface area (TPSA) is 90.2 Å². The number of nitrogens with zero attached hydrogens (tertiary/aromatic N) is 7. The van der Waals surface area contributed by atoms with Crippen LogP contribution in [0.15, 0.2) is 432 Å². The van der Waals surface area contributed by atoms with E-state index in [0.717, 1.165) is 33.2 Å². The van der Waals surface area contributed by atoms with Crippen molar-refractivity contribution in [2.75, 3.05) is 0 Å². The lowest BCUT2D eigenvalue weighted by Gasteiger charge is -2.23. The van der Waals surface area contributed by atoms with Gasteiger partial charge in [0.25, 0.3) is 0 Å². The Morgan fingerprint density at radius 1 is 0.170 bits per heavy atom. The SMILES string of the molecule is CC1(C)c2ccccc2-c2ccc(-c3c4ccccc4c(-c4ccncn4)c4ccc(-c5ccc6ccccc6c5)cc34)cc21.CC1(C)c2ccccc2-c2ccc(-c3c4ccccc4c(-c4cncnc4)c4ccc(-c5ccc6ccccc6c5)cc34)cc21.CC1(C)c2ccccc2-c2ccc(-c3c4ccccc4c(-c4ncncn4)c4ccc(-c5ccc6ccccc6c5)cc34)cc21. The Labute approximate surface area is 783 Å². The quantitative estimate of drug-likeness (QED) is 0.133. The van der Waals surface area contributed by atoms with Crippen molar-refractivity contribution in [2.24, 2.45) is 0 Å². The number of benzene rings is 21. The van der Waals surface area contributed by atoms with Crippen LogP contribution in [0.1, 0.15) is 74.9 Å². The third-order valence-electron chi connectivity index (χ3n) is 29.3. The molecule has 0 radical (unpaired) electrons. The molecule has 0 amide bonds. The van der Waals surface area contributed by atoms with Gasteiger partial charge in [-0.1, -0.05) is 369 Å². The summed E-state index contributed by atoms with van der Waals surface area (Å²) in [5, 5.41) is 21.8. The van der Waals surface area contributed by atoms with Gasteiger partial charge in [-0.2, -0.15) is 0 Å². The molecular weight excluding hydrogens is 1640 g/mol. The monoisotopic (exact) mass is 1720 g/mol. The van der Waals surface area contributed by atoms with E-state index < -0.39 is 0 Å². The molecule has 0 unspecified atom stereocenters. The molecule has 0 fully saturated rings. The molecule has 3 aliphatic rings. The van der Waals surface area contributed by atoms with Gasteiger partial charge < -0.3 is 0 Å². The summed E-state index contributed by atoms with van der Waals surface area (Å²) < 4.78 is 0. The van der Waals surface area contributed by atoms with E-state index in [1.807, 2.05) is 24.7 Å². The van der Waals surface area contributed by atoms with Crippen LogP contribution >= 0.6 is 0 Å². The number of fused-ring (bicyclic) bond motifs is 18. The Kier molecular flexibility index (Phi) is 18.9. The van der Waals surface area contributed by atoms with Crippen LogP contribution < -0.4 is 0 Å². The van der Waals surface area contributed by atoms with Crippen LogP contribution in [0.5, 0.6) is 0 Å². The van der Waals surface area contributed by atoms with Gasteiger partial charge >= 0.3 is 0 Å². The summed E-state index contributed by atoms with van der Waals surface area (Å²) >= 11 is 0. The molecule has 135 heavy (non-hydrogen) atoms. The van der Waals surface area contributed by atoms with Gasteiger partial charge in [0, 0.05) is 57.1 Å². The Morgan fingerprint density at radius 2 is 0.452 bits per heavy atom. The fraction of sp³-hybridized carbons (Fsp3) is 0.0703. The van der Waals surface area contributed by atoms with E-state index in [-0.39, 0.29) is 16.2 Å². The predicted molar refractivity (Wildman–Crippen MR) is 563 cm³/mol. The molecule has 7 heteroatoms. The number of hydrogen-bond acceptors (Lipinski definition) is 7. The molecular formula is C128H89N7. The summed E-state index contributed by atoms with van der Waals surface area (Å²) in [5.41, 5.74) is 36.0. The first-order valence-electron chi connectivity index (χ1n) is 46.5. The van der Waals surface area contributed by atoms with E-state index in [4.69, 9.17) is 4.98 Å². The maximum Gasteiger partial charge on any atom is 0.163 e. The fourth-order valence-corrected chi connectivity index (χ4v) is 22.8. The van der Waals surface area contributed by atoms with Crippen LogP contribution in [0, 0.1) is 0 Å². The molecule has 0 bridgehead atoms. The molecule has 0 N–H and O–H groups in total. The van der Waals surface area contributed by atoms with Gasteiger partial charge in [-0.25, -0.2) is 34.9 Å². The highest BCUT2D eigenvalue weighted by Gasteiger charge is 2.39. The Balaban J connectivity index is 0.000000108. The van der Waals surface area contributed by atoms with Crippen molar-refractivity contribution < 1.29 is 0 Å². The third kappa shape index (κ3) is 13.2. The summed E-state index contributed by atoms with van der Waals surface area (Å²) in [5.74, 6) is 0.682. The minimum Gasteiger partial charge on any atom is -0.245 e. The molecule has 0 saturated carbocycles. The third-order valence-corrected chi connectivity index (χ3v) is 29.3. The molecule has 24 aromatic rings. The molecule has 0 atom stereocenters. The molecule has 0 saturated heterocycles. The van der Waals surface area contributed by atoms with Gasteiger partial charge in [-0.05, 0) is 291 Å². The second-order valence-corrected chi connectivity index (χ2v) is 37.8. The maximum atomic E-state index is 4.74. The Bertz CT molecular complexity index is 8200. The summed E-state index contributed by atoms with van der Waals surface area (Å²) in [6, 6.07) is 143. The lowest BCUT2D eigenvalue weighted by Crippen LogP contribution is -2.14. The predicted octanol–water partition coefficient (Wildman–Crippen LogP) is 33.1. The summed E-state index contributed by atoms with van der Waals surface area (Å²) in [7, 11) is 0. The highest BCUT2D eigenvalue weighted by molar-refractivity contribution is 6.25. The van der Waals surface area contributed by atoms with Crippen LogP contribution in [0.25, 0.3) is 231 Å². The zero-order valence-corrected chi connectivity index (χ0v) is 75.6. The van der Waals surface area contributed by atoms with Gasteiger partial charge in [-0.3, -0.25) is 0 Å². The van der Waals surface area contributed by atoms with Crippen LogP contribution in [-0.4, -0.2) is 34.9 Å². The van der Waals surface area contributed by atoms with Gasteiger partial charge in [0.05, 0.1) is 5.69 Å². The highest BCUT2D eigenvalue weighted by atomic mass is 15.0. The van der Waals surface area contributed by atoms with E-state index in [0.29, 0.717) is 5.82 Å². The zero-order valence-electron chi connectivity index (χ0n) is 75.6. The van der Waals surface area contributed by atoms with Crippen molar-refractivity contribution in [1.29, 1.82) is 0 Å². The highest BCUT2D eigenvalue weighted by Crippen LogP contribution is 2.57. The van der Waals surface area contributed by atoms with Crippen molar-refractivity contribution in [2.45, 2.75) is 57.8 Å². The first-order valence-corrected chi connectivity index (χ1v) is 46.5. The van der Waals surface area contributed by atoms with Gasteiger partial charge in [0.1, 0.15) is 25.3 Å². The largest absolute Gasteiger partial charge is 0.245 e. The molecule has 0 aliphatic heterocycles. The number of hydrogen-bond donors (Lipinski definition) is 0. The number of rotatable bonds is 9. The second kappa shape index (κ2) is 31.7. The van der Waals surface area contributed by atoms with Crippen molar-refractivity contribution in [3.05, 3.63) is 466 Å². The normalized spacial score (nSPS) is 13.3. The second-order valence-electron chi connectivity index (χ2n) is 37.8. The molecule has 3 aliphatic carbocycles. The molecule has 21 aromatic carbocycles. The van der Waals surface area contributed by atoms with E-state index >= 15 is 0 Å². The van der Waals surface area contributed by atoms with Crippen LogP contribution in [-0.2, 0) is 16.2 Å². The lowest BCUT2D eigenvalue weighted by molar-refractivity contribution is 0.660. The van der Waals surface area contributed by atoms with Crippen LogP contribution in [0.4, 0.5) is 0 Å². The average Bonchev–Trinajstić information content (AvgIpc) is 1.64. The van der Waals surface area contributed by atoms with Gasteiger partial charge in [0.15, 0.2) is 5.82 Å². The van der Waals surface area contributed by atoms with E-state index in [1.165, 1.54) is 225 Å². The zero-order chi connectivity index (χ0) is 90.4. The van der Waals surface area contributed by atoms with Gasteiger partial charge in [-0.15, -0.1) is 0 Å². The Hall–Kier alpha value is -16.9. The van der Waals surface area contributed by atoms with E-state index in [9.17, 15) is 0 Å². The summed E-state index contributed by atoms with van der Waals surface area (Å²) in [6.45, 7) is 14.1. The van der Waals surface area contributed by atoms with Crippen molar-refractivity contribution in [3.8, 4) is 134 Å². The smallest absolute Gasteiger partial charge is 0.163 e. The minimum atomic E-state index is -0.0887. The van der Waals surface area contributed by atoms with E-state index in [2.05, 4.69) is 454 Å². The minimum absolute atomic E-state index is 0.0783.